The maximum Gasteiger partial charge on any atom is 0.261 e. The summed E-state index contributed by atoms with van der Waals surface area (Å²) in [6.45, 7) is 5.22. The van der Waals surface area contributed by atoms with Gasteiger partial charge in [-0.15, -0.1) is 0 Å². The zero-order chi connectivity index (χ0) is 21.6. The second kappa shape index (κ2) is 9.33. The molecule has 0 heterocycles. The van der Waals surface area contributed by atoms with Crippen molar-refractivity contribution < 1.29 is 22.8 Å². The van der Waals surface area contributed by atoms with Crippen molar-refractivity contribution in [3.05, 3.63) is 59.7 Å². The molecule has 2 aromatic rings. The molecule has 0 aromatic heterocycles. The number of hydrogen-bond acceptors (Lipinski definition) is 5. The van der Waals surface area contributed by atoms with Gasteiger partial charge >= 0.3 is 0 Å². The minimum absolute atomic E-state index is 0.0140. The molecule has 1 atom stereocenters. The normalized spacial score (nSPS) is 12.0. The number of amides is 2. The molecule has 2 amide bonds. The standard InChI is InChI=1S/C20H23N3O5S/c1-4-21-19(25)13(2)22-20(26)16-5-9-17(10-6-16)23-29(27,28)18-11-7-15(8-12-18)14(3)24/h5-13,23H,4H2,1-3H3,(H,21,25)(H,22,26). The molecule has 0 radical (unpaired) electrons. The Kier molecular flexibility index (Phi) is 7.11. The number of rotatable bonds is 8. The third-order valence-corrected chi connectivity index (χ3v) is 5.46. The highest BCUT2D eigenvalue weighted by Crippen LogP contribution is 2.17. The van der Waals surface area contributed by atoms with E-state index in [1.807, 2.05) is 0 Å². The number of sulfonamides is 1. The number of nitrogens with one attached hydrogen (secondary N) is 3. The average Bonchev–Trinajstić information content (AvgIpc) is 2.68. The van der Waals surface area contributed by atoms with Gasteiger partial charge in [0.2, 0.25) is 5.91 Å². The van der Waals surface area contributed by atoms with Gasteiger partial charge in [0.05, 0.1) is 4.90 Å². The molecule has 0 aliphatic heterocycles. The number of anilines is 1. The molecule has 154 valence electrons. The van der Waals surface area contributed by atoms with Crippen LogP contribution < -0.4 is 15.4 Å². The lowest BCUT2D eigenvalue weighted by Gasteiger charge is -2.13. The monoisotopic (exact) mass is 417 g/mol. The molecule has 29 heavy (non-hydrogen) atoms. The molecular weight excluding hydrogens is 394 g/mol. The first kappa shape index (κ1) is 22.1. The lowest BCUT2D eigenvalue weighted by Crippen LogP contribution is -2.44. The number of Topliss-reactive ketones (excluding diaryl/α,β-unsaturated/α-hetero) is 1. The van der Waals surface area contributed by atoms with Crippen LogP contribution in [-0.4, -0.2) is 38.6 Å². The number of ketones is 1. The minimum atomic E-state index is -3.84. The van der Waals surface area contributed by atoms with Crippen LogP contribution in [-0.2, 0) is 14.8 Å². The number of likely N-dealkylation sites (N-methyl/N-ethyl adjacent to an activating group) is 1. The highest BCUT2D eigenvalue weighted by atomic mass is 32.2. The molecule has 8 nitrogen and oxygen atoms in total. The van der Waals surface area contributed by atoms with Gasteiger partial charge in [0.25, 0.3) is 15.9 Å². The summed E-state index contributed by atoms with van der Waals surface area (Å²) >= 11 is 0. The van der Waals surface area contributed by atoms with Crippen LogP contribution in [0.15, 0.2) is 53.4 Å². The summed E-state index contributed by atoms with van der Waals surface area (Å²) < 4.78 is 27.3. The van der Waals surface area contributed by atoms with Crippen molar-refractivity contribution in [2.45, 2.75) is 31.7 Å². The van der Waals surface area contributed by atoms with Crippen molar-refractivity contribution in [3.63, 3.8) is 0 Å². The molecule has 2 aromatic carbocycles. The molecule has 3 N–H and O–H groups in total. The van der Waals surface area contributed by atoms with Crippen molar-refractivity contribution >= 4 is 33.3 Å². The fraction of sp³-hybridized carbons (Fsp3) is 0.250. The first-order chi connectivity index (χ1) is 13.6. The first-order valence-corrected chi connectivity index (χ1v) is 10.4. The second-order valence-corrected chi connectivity index (χ2v) is 8.04. The molecule has 9 heteroatoms. The number of carbonyl (C=O) groups excluding carboxylic acids is 3. The zero-order valence-electron chi connectivity index (χ0n) is 16.4. The summed E-state index contributed by atoms with van der Waals surface area (Å²) in [5.74, 6) is -0.892. The number of hydrogen-bond donors (Lipinski definition) is 3. The fourth-order valence-corrected chi connectivity index (χ4v) is 3.50. The highest BCUT2D eigenvalue weighted by Gasteiger charge is 2.17. The van der Waals surface area contributed by atoms with E-state index in [0.29, 0.717) is 12.1 Å². The van der Waals surface area contributed by atoms with Gasteiger partial charge in [-0.3, -0.25) is 19.1 Å². The number of benzene rings is 2. The molecule has 0 aliphatic carbocycles. The largest absolute Gasteiger partial charge is 0.355 e. The van der Waals surface area contributed by atoms with Crippen LogP contribution in [0.5, 0.6) is 0 Å². The smallest absolute Gasteiger partial charge is 0.261 e. The lowest BCUT2D eigenvalue weighted by atomic mass is 10.2. The summed E-state index contributed by atoms with van der Waals surface area (Å²) in [6.07, 6.45) is 0. The molecule has 0 spiro atoms. The van der Waals surface area contributed by atoms with Gasteiger partial charge in [-0.05, 0) is 57.2 Å². The average molecular weight is 417 g/mol. The molecule has 0 saturated carbocycles. The second-order valence-electron chi connectivity index (χ2n) is 6.35. The van der Waals surface area contributed by atoms with Crippen molar-refractivity contribution in [1.29, 1.82) is 0 Å². The van der Waals surface area contributed by atoms with E-state index < -0.39 is 22.0 Å². The summed E-state index contributed by atoms with van der Waals surface area (Å²) in [6, 6.07) is 10.7. The van der Waals surface area contributed by atoms with Gasteiger partial charge in [-0.1, -0.05) is 12.1 Å². The van der Waals surface area contributed by atoms with E-state index in [0.717, 1.165) is 0 Å². The highest BCUT2D eigenvalue weighted by molar-refractivity contribution is 7.92. The van der Waals surface area contributed by atoms with Crippen molar-refractivity contribution in [2.75, 3.05) is 11.3 Å². The van der Waals surface area contributed by atoms with Crippen LogP contribution in [0, 0.1) is 0 Å². The molecule has 0 fully saturated rings. The van der Waals surface area contributed by atoms with Crippen molar-refractivity contribution in [1.82, 2.24) is 10.6 Å². The maximum absolute atomic E-state index is 12.5. The Hall–Kier alpha value is -3.20. The topological polar surface area (TPSA) is 121 Å². The summed E-state index contributed by atoms with van der Waals surface area (Å²) in [5.41, 5.74) is 0.977. The Labute approximate surface area is 169 Å². The third-order valence-electron chi connectivity index (χ3n) is 4.06. The molecule has 0 aliphatic rings. The van der Waals surface area contributed by atoms with Crippen LogP contribution in [0.3, 0.4) is 0 Å². The lowest BCUT2D eigenvalue weighted by molar-refractivity contribution is -0.122. The minimum Gasteiger partial charge on any atom is -0.355 e. The van der Waals surface area contributed by atoms with Gasteiger partial charge in [-0.2, -0.15) is 0 Å². The van der Waals surface area contributed by atoms with Gasteiger partial charge < -0.3 is 10.6 Å². The van der Waals surface area contributed by atoms with Crippen LogP contribution >= 0.6 is 0 Å². The van der Waals surface area contributed by atoms with Gasteiger partial charge in [0.1, 0.15) is 6.04 Å². The molecular formula is C20H23N3O5S. The molecule has 1 unspecified atom stereocenters. The van der Waals surface area contributed by atoms with E-state index in [4.69, 9.17) is 0 Å². The Bertz CT molecular complexity index is 999. The quantitative estimate of drug-likeness (QED) is 0.567. The van der Waals surface area contributed by atoms with E-state index >= 15 is 0 Å². The van der Waals surface area contributed by atoms with Crippen LogP contribution in [0.4, 0.5) is 5.69 Å². The van der Waals surface area contributed by atoms with Crippen molar-refractivity contribution in [3.8, 4) is 0 Å². The van der Waals surface area contributed by atoms with E-state index in [1.165, 1.54) is 55.5 Å². The Morgan fingerprint density at radius 2 is 1.48 bits per heavy atom. The van der Waals surface area contributed by atoms with Crippen LogP contribution in [0.1, 0.15) is 41.5 Å². The van der Waals surface area contributed by atoms with Gasteiger partial charge in [0.15, 0.2) is 5.78 Å². The fourth-order valence-electron chi connectivity index (χ4n) is 2.45. The summed E-state index contributed by atoms with van der Waals surface area (Å²) in [4.78, 5) is 35.2. The molecule has 2 rings (SSSR count). The summed E-state index contributed by atoms with van der Waals surface area (Å²) in [7, 11) is -3.84. The van der Waals surface area contributed by atoms with E-state index in [9.17, 15) is 22.8 Å². The van der Waals surface area contributed by atoms with Gasteiger partial charge in [0, 0.05) is 23.4 Å². The van der Waals surface area contributed by atoms with E-state index in [2.05, 4.69) is 15.4 Å². The SMILES string of the molecule is CCNC(=O)C(C)NC(=O)c1ccc(NS(=O)(=O)c2ccc(C(C)=O)cc2)cc1. The number of carbonyl (C=O) groups is 3. The Morgan fingerprint density at radius 3 is 2.00 bits per heavy atom. The predicted octanol–water partition coefficient (Wildman–Crippen LogP) is 1.94. The first-order valence-electron chi connectivity index (χ1n) is 8.96. The summed E-state index contributed by atoms with van der Waals surface area (Å²) in [5, 5.41) is 5.18. The van der Waals surface area contributed by atoms with E-state index in [-0.39, 0.29) is 27.8 Å². The Balaban J connectivity index is 2.06. The molecule has 0 bridgehead atoms. The van der Waals surface area contributed by atoms with E-state index in [1.54, 1.807) is 13.8 Å². The zero-order valence-corrected chi connectivity index (χ0v) is 17.2. The third kappa shape index (κ3) is 5.89. The maximum atomic E-state index is 12.5. The predicted molar refractivity (Wildman–Crippen MR) is 109 cm³/mol. The van der Waals surface area contributed by atoms with Crippen LogP contribution in [0.2, 0.25) is 0 Å². The Morgan fingerprint density at radius 1 is 0.931 bits per heavy atom. The molecule has 0 saturated heterocycles. The van der Waals surface area contributed by atoms with Gasteiger partial charge in [-0.25, -0.2) is 8.42 Å². The van der Waals surface area contributed by atoms with Crippen LogP contribution in [0.25, 0.3) is 0 Å². The van der Waals surface area contributed by atoms with Crippen molar-refractivity contribution in [2.24, 2.45) is 0 Å².